The molecule has 4 nitrogen and oxygen atoms in total. The zero-order chi connectivity index (χ0) is 13.9. The number of nitrogens with one attached hydrogen (secondary N) is 2. The van der Waals surface area contributed by atoms with Crippen molar-refractivity contribution in [3.8, 4) is 0 Å². The fourth-order valence-electron chi connectivity index (χ4n) is 3.10. The van der Waals surface area contributed by atoms with Gasteiger partial charge < -0.3 is 5.43 Å². The minimum absolute atomic E-state index is 0.0101. The predicted octanol–water partition coefficient (Wildman–Crippen LogP) is 2.45. The summed E-state index contributed by atoms with van der Waals surface area (Å²) in [6.07, 6.45) is 0. The zero-order valence-electron chi connectivity index (χ0n) is 10.9. The van der Waals surface area contributed by atoms with Gasteiger partial charge in [0.15, 0.2) is 11.6 Å². The number of anilines is 1. The van der Waals surface area contributed by atoms with Crippen molar-refractivity contribution in [3.63, 3.8) is 0 Å². The van der Waals surface area contributed by atoms with Crippen LogP contribution in [0.3, 0.4) is 0 Å². The molecule has 0 spiro atoms. The Balaban J connectivity index is 2.04. The van der Waals surface area contributed by atoms with E-state index in [-0.39, 0.29) is 17.6 Å². The molecule has 0 fully saturated rings. The maximum absolute atomic E-state index is 12.6. The third kappa shape index (κ3) is 1.29. The van der Waals surface area contributed by atoms with Crippen molar-refractivity contribution in [1.82, 2.24) is 5.43 Å². The molecular weight excluding hydrogens is 252 g/mol. The van der Waals surface area contributed by atoms with Crippen LogP contribution in [0.25, 0.3) is 0 Å². The monoisotopic (exact) mass is 264 g/mol. The lowest BCUT2D eigenvalue weighted by molar-refractivity contribution is 0.101. The van der Waals surface area contributed by atoms with Crippen LogP contribution >= 0.6 is 0 Å². The Morgan fingerprint density at radius 2 is 1.90 bits per heavy atom. The van der Waals surface area contributed by atoms with Crippen LogP contribution in [0.1, 0.15) is 50.4 Å². The Labute approximate surface area is 115 Å². The van der Waals surface area contributed by atoms with Crippen molar-refractivity contribution in [2.75, 3.05) is 5.43 Å². The first-order valence-corrected chi connectivity index (χ1v) is 6.51. The van der Waals surface area contributed by atoms with E-state index in [9.17, 15) is 9.59 Å². The summed E-state index contributed by atoms with van der Waals surface area (Å²) in [6, 6.07) is 11.0. The van der Waals surface area contributed by atoms with Gasteiger partial charge in [-0.25, -0.2) is 5.43 Å². The summed E-state index contributed by atoms with van der Waals surface area (Å²) in [5.41, 5.74) is 10.8. The molecule has 2 aliphatic rings. The third-order valence-corrected chi connectivity index (χ3v) is 4.02. The first kappa shape index (κ1) is 11.4. The van der Waals surface area contributed by atoms with Gasteiger partial charge in [0.05, 0.1) is 11.7 Å². The number of hydrazine groups is 1. The Bertz CT molecular complexity index is 780. The number of hydrogen-bond acceptors (Lipinski definition) is 4. The van der Waals surface area contributed by atoms with Gasteiger partial charge in [0.1, 0.15) is 0 Å². The van der Waals surface area contributed by atoms with Gasteiger partial charge in [-0.1, -0.05) is 24.3 Å². The Kier molecular flexibility index (Phi) is 2.15. The molecule has 1 atom stereocenters. The van der Waals surface area contributed by atoms with E-state index < -0.39 is 0 Å². The van der Waals surface area contributed by atoms with Gasteiger partial charge in [0.2, 0.25) is 0 Å². The van der Waals surface area contributed by atoms with Gasteiger partial charge in [0.25, 0.3) is 0 Å². The predicted molar refractivity (Wildman–Crippen MR) is 74.9 cm³/mol. The third-order valence-electron chi connectivity index (χ3n) is 4.02. The van der Waals surface area contributed by atoms with Crippen LogP contribution in [0.5, 0.6) is 0 Å². The molecule has 98 valence electrons. The van der Waals surface area contributed by atoms with Crippen LogP contribution in [0.4, 0.5) is 5.69 Å². The minimum atomic E-state index is -0.0757. The Hall–Kier alpha value is -2.46. The molecule has 4 heteroatoms. The number of Topliss-reactive ketones (excluding diaryl/α,β-unsaturated/α-hetero) is 1. The van der Waals surface area contributed by atoms with Crippen molar-refractivity contribution in [3.05, 3.63) is 64.2 Å². The van der Waals surface area contributed by atoms with E-state index in [1.54, 1.807) is 12.1 Å². The van der Waals surface area contributed by atoms with Crippen LogP contribution in [0.2, 0.25) is 0 Å². The summed E-state index contributed by atoms with van der Waals surface area (Å²) < 4.78 is 0. The highest BCUT2D eigenvalue weighted by Crippen LogP contribution is 2.43. The molecule has 0 saturated carbocycles. The second-order valence-corrected chi connectivity index (χ2v) is 5.12. The van der Waals surface area contributed by atoms with E-state index in [2.05, 4.69) is 10.9 Å². The first-order chi connectivity index (χ1) is 9.68. The molecule has 1 aliphatic heterocycles. The van der Waals surface area contributed by atoms with Crippen molar-refractivity contribution < 1.29 is 9.59 Å². The smallest absolute Gasteiger partial charge is 0.193 e. The lowest BCUT2D eigenvalue weighted by Gasteiger charge is -2.23. The molecule has 0 aromatic heterocycles. The van der Waals surface area contributed by atoms with Crippen molar-refractivity contribution in [2.45, 2.75) is 13.0 Å². The summed E-state index contributed by atoms with van der Waals surface area (Å²) in [5.74, 6) is 0.0118. The second-order valence-electron chi connectivity index (χ2n) is 5.12. The molecule has 0 bridgehead atoms. The molecule has 1 aliphatic carbocycles. The van der Waals surface area contributed by atoms with E-state index in [1.165, 1.54) is 6.92 Å². The average molecular weight is 264 g/mol. The summed E-state index contributed by atoms with van der Waals surface area (Å²) in [4.78, 5) is 24.3. The maximum atomic E-state index is 12.6. The lowest BCUT2D eigenvalue weighted by atomic mass is 9.80. The van der Waals surface area contributed by atoms with Crippen LogP contribution < -0.4 is 10.9 Å². The highest BCUT2D eigenvalue weighted by molar-refractivity contribution is 6.15. The largest absolute Gasteiger partial charge is 0.319 e. The summed E-state index contributed by atoms with van der Waals surface area (Å²) in [6.45, 7) is 1.53. The van der Waals surface area contributed by atoms with E-state index in [0.29, 0.717) is 11.1 Å². The van der Waals surface area contributed by atoms with Gasteiger partial charge in [0, 0.05) is 22.3 Å². The summed E-state index contributed by atoms with van der Waals surface area (Å²) in [5, 5.41) is 0. The van der Waals surface area contributed by atoms with Crippen LogP contribution in [-0.4, -0.2) is 11.6 Å². The van der Waals surface area contributed by atoms with Gasteiger partial charge in [-0.3, -0.25) is 9.59 Å². The number of rotatable bonds is 1. The fourth-order valence-corrected chi connectivity index (χ4v) is 3.10. The standard InChI is InChI=1S/C16H12N2O2/c1-8(19)9-6-7-12-13-14(9)17-18-15(13)10-4-2-3-5-11(10)16(12)20/h2-7,15,17-18H,1H3. The molecule has 2 aromatic carbocycles. The van der Waals surface area contributed by atoms with Crippen molar-refractivity contribution >= 4 is 17.3 Å². The van der Waals surface area contributed by atoms with Gasteiger partial charge >= 0.3 is 0 Å². The fraction of sp³-hybridized carbons (Fsp3) is 0.125. The molecule has 1 unspecified atom stereocenters. The number of benzene rings is 2. The zero-order valence-corrected chi connectivity index (χ0v) is 10.9. The first-order valence-electron chi connectivity index (χ1n) is 6.51. The maximum Gasteiger partial charge on any atom is 0.193 e. The number of carbonyl (C=O) groups is 2. The van der Waals surface area contributed by atoms with E-state index in [0.717, 1.165) is 22.4 Å². The molecule has 20 heavy (non-hydrogen) atoms. The van der Waals surface area contributed by atoms with E-state index >= 15 is 0 Å². The van der Waals surface area contributed by atoms with Gasteiger partial charge in [-0.15, -0.1) is 0 Å². The highest BCUT2D eigenvalue weighted by Gasteiger charge is 2.37. The number of ketones is 2. The molecule has 0 saturated heterocycles. The normalized spacial score (nSPS) is 18.2. The summed E-state index contributed by atoms with van der Waals surface area (Å²) in [7, 11) is 0. The molecule has 2 N–H and O–H groups in total. The molecule has 1 heterocycles. The second kappa shape index (κ2) is 3.77. The lowest BCUT2D eigenvalue weighted by Crippen LogP contribution is -2.25. The van der Waals surface area contributed by atoms with Crippen LogP contribution in [-0.2, 0) is 0 Å². The molecular formula is C16H12N2O2. The summed E-state index contributed by atoms with van der Waals surface area (Å²) >= 11 is 0. The topological polar surface area (TPSA) is 58.2 Å². The molecule has 0 radical (unpaired) electrons. The van der Waals surface area contributed by atoms with Gasteiger partial charge in [-0.2, -0.15) is 0 Å². The quantitative estimate of drug-likeness (QED) is 0.777. The van der Waals surface area contributed by atoms with Crippen LogP contribution in [0.15, 0.2) is 36.4 Å². The highest BCUT2D eigenvalue weighted by atomic mass is 16.1. The van der Waals surface area contributed by atoms with E-state index in [4.69, 9.17) is 0 Å². The van der Waals surface area contributed by atoms with E-state index in [1.807, 2.05) is 24.3 Å². The number of hydrogen-bond donors (Lipinski definition) is 2. The Morgan fingerprint density at radius 3 is 2.70 bits per heavy atom. The minimum Gasteiger partial charge on any atom is -0.319 e. The SMILES string of the molecule is CC(=O)c1ccc2c3c1NNC3c1ccccc1C2=O. The van der Waals surface area contributed by atoms with Crippen molar-refractivity contribution in [2.24, 2.45) is 0 Å². The molecule has 2 aromatic rings. The molecule has 4 rings (SSSR count). The van der Waals surface area contributed by atoms with Crippen LogP contribution in [0, 0.1) is 0 Å². The van der Waals surface area contributed by atoms with Gasteiger partial charge in [-0.05, 0) is 24.6 Å². The Morgan fingerprint density at radius 1 is 1.10 bits per heavy atom. The number of carbonyl (C=O) groups excluding carboxylic acids is 2. The number of fused-ring (bicyclic) bond motifs is 2. The molecule has 0 amide bonds. The average Bonchev–Trinajstić information content (AvgIpc) is 2.89. The van der Waals surface area contributed by atoms with Crippen molar-refractivity contribution in [1.29, 1.82) is 0 Å².